The molecular weight excluding hydrogens is 261 g/mol. The van der Waals surface area contributed by atoms with Gasteiger partial charge in [0, 0.05) is 24.6 Å². The molecule has 0 unspecified atom stereocenters. The van der Waals surface area contributed by atoms with E-state index in [1.165, 1.54) is 24.3 Å². The van der Waals surface area contributed by atoms with E-state index in [1.54, 1.807) is 18.2 Å². The van der Waals surface area contributed by atoms with Gasteiger partial charge in [-0.1, -0.05) is 18.2 Å². The summed E-state index contributed by atoms with van der Waals surface area (Å²) in [5.41, 5.74) is 1.87. The summed E-state index contributed by atoms with van der Waals surface area (Å²) in [4.78, 5) is 10.1. The van der Waals surface area contributed by atoms with E-state index in [1.807, 2.05) is 6.92 Å². The predicted octanol–water partition coefficient (Wildman–Crippen LogP) is 3.66. The van der Waals surface area contributed by atoms with Gasteiger partial charge in [0.15, 0.2) is 0 Å². The molecule has 0 aromatic heterocycles. The minimum absolute atomic E-state index is 0.0654. The highest BCUT2D eigenvalue weighted by Gasteiger charge is 2.05. The quantitative estimate of drug-likeness (QED) is 0.618. The van der Waals surface area contributed by atoms with Crippen molar-refractivity contribution < 1.29 is 14.1 Å². The number of non-ortho nitro benzene ring substituents is 1. The largest absolute Gasteiger partial charge is 0.493 e. The van der Waals surface area contributed by atoms with Gasteiger partial charge in [0.05, 0.1) is 11.5 Å². The van der Waals surface area contributed by atoms with Crippen LogP contribution in [0.1, 0.15) is 11.1 Å². The number of rotatable bonds is 5. The lowest BCUT2D eigenvalue weighted by molar-refractivity contribution is -0.384. The van der Waals surface area contributed by atoms with Crippen LogP contribution in [-0.2, 0) is 6.42 Å². The fraction of sp³-hybridized carbons (Fsp3) is 0.200. The summed E-state index contributed by atoms with van der Waals surface area (Å²) in [6.07, 6.45) is 0.605. The Labute approximate surface area is 116 Å². The minimum atomic E-state index is -0.434. The van der Waals surface area contributed by atoms with Crippen LogP contribution < -0.4 is 4.74 Å². The van der Waals surface area contributed by atoms with E-state index >= 15 is 0 Å². The molecule has 4 nitrogen and oxygen atoms in total. The Morgan fingerprint density at radius 3 is 2.55 bits per heavy atom. The molecule has 0 amide bonds. The van der Waals surface area contributed by atoms with Crippen molar-refractivity contribution in [3.05, 3.63) is 69.5 Å². The van der Waals surface area contributed by atoms with Crippen LogP contribution in [0, 0.1) is 22.9 Å². The van der Waals surface area contributed by atoms with Crippen LogP contribution >= 0.6 is 0 Å². The van der Waals surface area contributed by atoms with Crippen molar-refractivity contribution in [3.8, 4) is 5.75 Å². The Balaban J connectivity index is 1.92. The summed E-state index contributed by atoms with van der Waals surface area (Å²) in [5.74, 6) is 0.188. The lowest BCUT2D eigenvalue weighted by Gasteiger charge is -2.09. The van der Waals surface area contributed by atoms with Crippen LogP contribution in [0.4, 0.5) is 10.1 Å². The Morgan fingerprint density at radius 1 is 1.20 bits per heavy atom. The molecule has 0 aliphatic heterocycles. The Hall–Kier alpha value is -2.43. The lowest BCUT2D eigenvalue weighted by atomic mass is 10.1. The van der Waals surface area contributed by atoms with E-state index in [-0.39, 0.29) is 11.5 Å². The van der Waals surface area contributed by atoms with E-state index in [9.17, 15) is 14.5 Å². The van der Waals surface area contributed by atoms with Gasteiger partial charge in [-0.2, -0.15) is 0 Å². The van der Waals surface area contributed by atoms with Crippen molar-refractivity contribution in [1.29, 1.82) is 0 Å². The van der Waals surface area contributed by atoms with Crippen LogP contribution in [0.15, 0.2) is 42.5 Å². The summed E-state index contributed by atoms with van der Waals surface area (Å²) in [7, 11) is 0. The standard InChI is InChI=1S/C15H14FNO3/c1-11-2-5-13(16)10-15(11)20-9-8-12-3-6-14(7-4-12)17(18)19/h2-7,10H,8-9H2,1H3. The Kier molecular flexibility index (Phi) is 4.30. The Bertz CT molecular complexity index is 611. The van der Waals surface area contributed by atoms with Crippen molar-refractivity contribution >= 4 is 5.69 Å². The second-order valence-corrected chi connectivity index (χ2v) is 4.43. The molecule has 20 heavy (non-hydrogen) atoms. The number of nitro groups is 1. The molecule has 0 radical (unpaired) electrons. The first kappa shape index (κ1) is 14.0. The van der Waals surface area contributed by atoms with Crippen LogP contribution in [-0.4, -0.2) is 11.5 Å². The molecule has 0 spiro atoms. The average Bonchev–Trinajstić information content (AvgIpc) is 2.43. The van der Waals surface area contributed by atoms with Gasteiger partial charge in [0.2, 0.25) is 0 Å². The highest BCUT2D eigenvalue weighted by atomic mass is 19.1. The number of aryl methyl sites for hydroxylation is 1. The number of hydrogen-bond acceptors (Lipinski definition) is 3. The number of ether oxygens (including phenoxy) is 1. The van der Waals surface area contributed by atoms with Gasteiger partial charge >= 0.3 is 0 Å². The van der Waals surface area contributed by atoms with E-state index < -0.39 is 4.92 Å². The smallest absolute Gasteiger partial charge is 0.269 e. The molecule has 0 aliphatic carbocycles. The first-order valence-corrected chi connectivity index (χ1v) is 6.18. The van der Waals surface area contributed by atoms with Crippen molar-refractivity contribution in [2.45, 2.75) is 13.3 Å². The molecule has 0 aliphatic rings. The molecule has 0 heterocycles. The first-order chi connectivity index (χ1) is 9.56. The van der Waals surface area contributed by atoms with Crippen LogP contribution in [0.3, 0.4) is 0 Å². The number of hydrogen-bond donors (Lipinski definition) is 0. The molecule has 0 saturated heterocycles. The number of halogens is 1. The number of nitro benzene ring substituents is 1. The van der Waals surface area contributed by atoms with E-state index in [2.05, 4.69) is 0 Å². The van der Waals surface area contributed by atoms with Gasteiger partial charge in [-0.05, 0) is 24.1 Å². The molecular formula is C15H14FNO3. The third kappa shape index (κ3) is 3.54. The normalized spacial score (nSPS) is 10.3. The van der Waals surface area contributed by atoms with Crippen LogP contribution in [0.25, 0.3) is 0 Å². The molecule has 0 fully saturated rings. The third-order valence-corrected chi connectivity index (χ3v) is 2.95. The van der Waals surface area contributed by atoms with Gasteiger partial charge < -0.3 is 4.74 Å². The van der Waals surface area contributed by atoms with Gasteiger partial charge in [-0.25, -0.2) is 4.39 Å². The SMILES string of the molecule is Cc1ccc(F)cc1OCCc1ccc([N+](=O)[O-])cc1. The Morgan fingerprint density at radius 2 is 1.90 bits per heavy atom. The third-order valence-electron chi connectivity index (χ3n) is 2.95. The fourth-order valence-corrected chi connectivity index (χ4v) is 1.79. The van der Waals surface area contributed by atoms with E-state index in [0.717, 1.165) is 11.1 Å². The van der Waals surface area contributed by atoms with Crippen molar-refractivity contribution in [3.63, 3.8) is 0 Å². The number of nitrogens with zero attached hydrogens (tertiary/aromatic N) is 1. The molecule has 0 atom stereocenters. The topological polar surface area (TPSA) is 52.4 Å². The van der Waals surface area contributed by atoms with Crippen molar-refractivity contribution in [1.82, 2.24) is 0 Å². The zero-order valence-corrected chi connectivity index (χ0v) is 11.0. The molecule has 0 saturated carbocycles. The zero-order chi connectivity index (χ0) is 14.5. The summed E-state index contributed by atoms with van der Waals surface area (Å²) in [6.45, 7) is 2.24. The average molecular weight is 275 g/mol. The maximum Gasteiger partial charge on any atom is 0.269 e. The highest BCUT2D eigenvalue weighted by Crippen LogP contribution is 2.19. The first-order valence-electron chi connectivity index (χ1n) is 6.18. The molecule has 0 bridgehead atoms. The zero-order valence-electron chi connectivity index (χ0n) is 11.0. The lowest BCUT2D eigenvalue weighted by Crippen LogP contribution is -2.03. The van der Waals surface area contributed by atoms with Gasteiger partial charge in [-0.15, -0.1) is 0 Å². The van der Waals surface area contributed by atoms with Crippen molar-refractivity contribution in [2.75, 3.05) is 6.61 Å². The second kappa shape index (κ2) is 6.14. The summed E-state index contributed by atoms with van der Waals surface area (Å²) >= 11 is 0. The van der Waals surface area contributed by atoms with E-state index in [4.69, 9.17) is 4.74 Å². The molecule has 104 valence electrons. The monoisotopic (exact) mass is 275 g/mol. The van der Waals surface area contributed by atoms with Crippen molar-refractivity contribution in [2.24, 2.45) is 0 Å². The maximum atomic E-state index is 13.1. The summed E-state index contributed by atoms with van der Waals surface area (Å²) < 4.78 is 18.6. The predicted molar refractivity (Wildman–Crippen MR) is 73.4 cm³/mol. The van der Waals surface area contributed by atoms with Gasteiger partial charge in [0.25, 0.3) is 5.69 Å². The second-order valence-electron chi connectivity index (χ2n) is 4.43. The molecule has 2 aromatic carbocycles. The minimum Gasteiger partial charge on any atom is -0.493 e. The van der Waals surface area contributed by atoms with Gasteiger partial charge in [-0.3, -0.25) is 10.1 Å². The highest BCUT2D eigenvalue weighted by molar-refractivity contribution is 5.34. The fourth-order valence-electron chi connectivity index (χ4n) is 1.79. The molecule has 2 aromatic rings. The number of benzene rings is 2. The molecule has 2 rings (SSSR count). The summed E-state index contributed by atoms with van der Waals surface area (Å²) in [6, 6.07) is 10.7. The molecule has 5 heteroatoms. The maximum absolute atomic E-state index is 13.1. The van der Waals surface area contributed by atoms with Crippen LogP contribution in [0.5, 0.6) is 5.75 Å². The van der Waals surface area contributed by atoms with E-state index in [0.29, 0.717) is 18.8 Å². The van der Waals surface area contributed by atoms with Crippen LogP contribution in [0.2, 0.25) is 0 Å². The molecule has 0 N–H and O–H groups in total. The van der Waals surface area contributed by atoms with Gasteiger partial charge in [0.1, 0.15) is 11.6 Å². The summed E-state index contributed by atoms with van der Waals surface area (Å²) in [5, 5.41) is 10.5.